The Morgan fingerprint density at radius 2 is 1.82 bits per heavy atom. The summed E-state index contributed by atoms with van der Waals surface area (Å²) in [7, 11) is 0. The van der Waals surface area contributed by atoms with Crippen LogP contribution in [0.25, 0.3) is 0 Å². The summed E-state index contributed by atoms with van der Waals surface area (Å²) in [5.74, 6) is -1.40. The van der Waals surface area contributed by atoms with Gasteiger partial charge in [-0.1, -0.05) is 45.3 Å². The first-order chi connectivity index (χ1) is 15.4. The summed E-state index contributed by atoms with van der Waals surface area (Å²) in [6.07, 6.45) is 9.99. The first-order valence-electron chi connectivity index (χ1n) is 12.7. The third-order valence-corrected chi connectivity index (χ3v) is 7.72. The zero-order valence-electron chi connectivity index (χ0n) is 21.1. The molecule has 5 atom stereocenters. The standard InChI is InChI=1S/C26H41N3O4/c1-16(2)12-15-29-20(22(31)28-24(3,4)5)26-14-13-25(6,33-26)18(19(26)23(29)32)21(30)27-17-10-8-7-9-11-17/h13-14,16-20H,7-12,15H2,1-6H3,(H,27,30)(H,28,31)/t18-,19+,20+,25+,26+/m0/s1. The summed E-state index contributed by atoms with van der Waals surface area (Å²) in [6.45, 7) is 12.4. The van der Waals surface area contributed by atoms with Crippen molar-refractivity contribution >= 4 is 17.7 Å². The highest BCUT2D eigenvalue weighted by Crippen LogP contribution is 2.59. The van der Waals surface area contributed by atoms with Crippen molar-refractivity contribution in [3.05, 3.63) is 12.2 Å². The van der Waals surface area contributed by atoms with E-state index in [1.54, 1.807) is 4.90 Å². The number of carbonyl (C=O) groups is 3. The van der Waals surface area contributed by atoms with Crippen LogP contribution in [0.2, 0.25) is 0 Å². The molecule has 0 aromatic heterocycles. The number of hydrogen-bond acceptors (Lipinski definition) is 4. The number of likely N-dealkylation sites (tertiary alicyclic amines) is 1. The molecule has 0 unspecified atom stereocenters. The van der Waals surface area contributed by atoms with Crippen molar-refractivity contribution in [1.82, 2.24) is 15.5 Å². The van der Waals surface area contributed by atoms with Crippen LogP contribution in [0.15, 0.2) is 12.2 Å². The summed E-state index contributed by atoms with van der Waals surface area (Å²) in [5.41, 5.74) is -2.43. The van der Waals surface area contributed by atoms with E-state index in [0.717, 1.165) is 32.1 Å². The van der Waals surface area contributed by atoms with Gasteiger partial charge in [0.05, 0.1) is 17.4 Å². The highest BCUT2D eigenvalue weighted by molar-refractivity contribution is 6.00. The van der Waals surface area contributed by atoms with Gasteiger partial charge in [-0.3, -0.25) is 14.4 Å². The van der Waals surface area contributed by atoms with E-state index in [-0.39, 0.29) is 23.8 Å². The molecule has 4 aliphatic rings. The minimum Gasteiger partial charge on any atom is -0.356 e. The van der Waals surface area contributed by atoms with E-state index >= 15 is 0 Å². The van der Waals surface area contributed by atoms with Gasteiger partial charge in [0.1, 0.15) is 11.6 Å². The number of nitrogens with zero attached hydrogens (tertiary/aromatic N) is 1. The first-order valence-corrected chi connectivity index (χ1v) is 12.7. The normalized spacial score (nSPS) is 35.9. The molecule has 33 heavy (non-hydrogen) atoms. The number of rotatable bonds is 6. The molecule has 4 rings (SSSR count). The van der Waals surface area contributed by atoms with Gasteiger partial charge in [0.2, 0.25) is 17.7 Å². The summed E-state index contributed by atoms with van der Waals surface area (Å²) in [4.78, 5) is 42.7. The second-order valence-electron chi connectivity index (χ2n) is 12.1. The maximum atomic E-state index is 13.9. The maximum Gasteiger partial charge on any atom is 0.246 e. The Morgan fingerprint density at radius 3 is 2.42 bits per heavy atom. The van der Waals surface area contributed by atoms with Gasteiger partial charge in [-0.25, -0.2) is 0 Å². The molecule has 1 saturated carbocycles. The predicted octanol–water partition coefficient (Wildman–Crippen LogP) is 2.94. The van der Waals surface area contributed by atoms with Gasteiger partial charge in [0.15, 0.2) is 0 Å². The van der Waals surface area contributed by atoms with Gasteiger partial charge in [-0.15, -0.1) is 0 Å². The molecule has 2 N–H and O–H groups in total. The largest absolute Gasteiger partial charge is 0.356 e. The molecule has 3 heterocycles. The number of ether oxygens (including phenoxy) is 1. The fraction of sp³-hybridized carbons (Fsp3) is 0.808. The van der Waals surface area contributed by atoms with E-state index in [2.05, 4.69) is 24.5 Å². The summed E-state index contributed by atoms with van der Waals surface area (Å²) in [6, 6.07) is -0.624. The molecule has 1 spiro atoms. The van der Waals surface area contributed by atoms with Crippen LogP contribution in [0.5, 0.6) is 0 Å². The highest BCUT2D eigenvalue weighted by Gasteiger charge is 2.76. The molecule has 7 nitrogen and oxygen atoms in total. The van der Waals surface area contributed by atoms with Crippen molar-refractivity contribution in [1.29, 1.82) is 0 Å². The summed E-state index contributed by atoms with van der Waals surface area (Å²) >= 11 is 0. The van der Waals surface area contributed by atoms with Crippen LogP contribution in [0.3, 0.4) is 0 Å². The monoisotopic (exact) mass is 459 g/mol. The average Bonchev–Trinajstić information content (AvgIpc) is 3.26. The molecule has 3 amide bonds. The highest BCUT2D eigenvalue weighted by atomic mass is 16.5. The van der Waals surface area contributed by atoms with E-state index in [1.165, 1.54) is 6.42 Å². The van der Waals surface area contributed by atoms with Crippen molar-refractivity contribution < 1.29 is 19.1 Å². The van der Waals surface area contributed by atoms with Crippen LogP contribution >= 0.6 is 0 Å². The van der Waals surface area contributed by atoms with E-state index in [9.17, 15) is 14.4 Å². The van der Waals surface area contributed by atoms with Gasteiger partial charge in [0, 0.05) is 18.1 Å². The third kappa shape index (κ3) is 4.22. The zero-order chi connectivity index (χ0) is 24.2. The lowest BCUT2D eigenvalue weighted by Crippen LogP contribution is -2.58. The fourth-order valence-electron chi connectivity index (χ4n) is 6.24. The predicted molar refractivity (Wildman–Crippen MR) is 126 cm³/mol. The molecule has 0 aromatic carbocycles. The van der Waals surface area contributed by atoms with Crippen LogP contribution in [0, 0.1) is 17.8 Å². The van der Waals surface area contributed by atoms with Crippen LogP contribution in [0.4, 0.5) is 0 Å². The molecule has 2 saturated heterocycles. The Hall–Kier alpha value is -1.89. The van der Waals surface area contributed by atoms with Gasteiger partial charge in [-0.05, 0) is 52.9 Å². The Kier molecular flexibility index (Phi) is 6.17. The average molecular weight is 460 g/mol. The van der Waals surface area contributed by atoms with Crippen molar-refractivity contribution in [2.45, 2.75) is 109 Å². The van der Waals surface area contributed by atoms with E-state index in [4.69, 9.17) is 4.74 Å². The molecule has 3 fully saturated rings. The molecular formula is C26H41N3O4. The van der Waals surface area contributed by atoms with Crippen molar-refractivity contribution in [2.24, 2.45) is 17.8 Å². The number of fused-ring (bicyclic) bond motifs is 1. The van der Waals surface area contributed by atoms with Crippen molar-refractivity contribution in [2.75, 3.05) is 6.54 Å². The quantitative estimate of drug-likeness (QED) is 0.598. The van der Waals surface area contributed by atoms with Crippen LogP contribution < -0.4 is 10.6 Å². The minimum atomic E-state index is -1.10. The van der Waals surface area contributed by atoms with E-state index in [0.29, 0.717) is 12.5 Å². The summed E-state index contributed by atoms with van der Waals surface area (Å²) < 4.78 is 6.55. The second kappa shape index (κ2) is 8.40. The van der Waals surface area contributed by atoms with E-state index in [1.807, 2.05) is 39.8 Å². The Morgan fingerprint density at radius 1 is 1.15 bits per heavy atom. The number of amides is 3. The molecule has 184 valence electrons. The molecule has 2 bridgehead atoms. The van der Waals surface area contributed by atoms with Gasteiger partial charge in [0.25, 0.3) is 0 Å². The summed E-state index contributed by atoms with van der Waals surface area (Å²) in [5, 5.41) is 6.29. The molecule has 1 aliphatic carbocycles. The van der Waals surface area contributed by atoms with Crippen molar-refractivity contribution in [3.63, 3.8) is 0 Å². The van der Waals surface area contributed by atoms with Gasteiger partial charge >= 0.3 is 0 Å². The van der Waals surface area contributed by atoms with Crippen LogP contribution in [-0.4, -0.2) is 58.0 Å². The first kappa shape index (κ1) is 24.2. The van der Waals surface area contributed by atoms with Gasteiger partial charge < -0.3 is 20.3 Å². The topological polar surface area (TPSA) is 87.7 Å². The Bertz CT molecular complexity index is 841. The third-order valence-electron chi connectivity index (χ3n) is 7.72. The minimum absolute atomic E-state index is 0.116. The second-order valence-corrected chi connectivity index (χ2v) is 12.1. The number of nitrogens with one attached hydrogen (secondary N) is 2. The van der Waals surface area contributed by atoms with Crippen LogP contribution in [-0.2, 0) is 19.1 Å². The smallest absolute Gasteiger partial charge is 0.246 e. The zero-order valence-corrected chi connectivity index (χ0v) is 21.1. The lowest BCUT2D eigenvalue weighted by Gasteiger charge is -2.35. The molecule has 3 aliphatic heterocycles. The fourth-order valence-corrected chi connectivity index (χ4v) is 6.24. The molecule has 0 radical (unpaired) electrons. The SMILES string of the molecule is CC(C)CCN1C(=O)[C@H]2[C@@H](C(=O)NC3CCCCC3)[C@@]3(C)C=C[C@]2(O3)[C@H]1C(=O)NC(C)(C)C. The molecule has 7 heteroatoms. The maximum absolute atomic E-state index is 13.9. The molecular weight excluding hydrogens is 418 g/mol. The molecule has 0 aromatic rings. The lowest BCUT2D eigenvalue weighted by atomic mass is 9.70. The number of hydrogen-bond donors (Lipinski definition) is 2. The lowest BCUT2D eigenvalue weighted by molar-refractivity contribution is -0.145. The Labute approximate surface area is 198 Å². The Balaban J connectivity index is 1.67. The number of carbonyl (C=O) groups excluding carboxylic acids is 3. The van der Waals surface area contributed by atoms with Crippen LogP contribution in [0.1, 0.15) is 80.1 Å². The van der Waals surface area contributed by atoms with Gasteiger partial charge in [-0.2, -0.15) is 0 Å². The van der Waals surface area contributed by atoms with Crippen molar-refractivity contribution in [3.8, 4) is 0 Å². The van der Waals surface area contributed by atoms with E-state index < -0.39 is 34.6 Å².